The first-order chi connectivity index (χ1) is 6.36. The van der Waals surface area contributed by atoms with Crippen molar-refractivity contribution in [3.05, 3.63) is 33.9 Å². The van der Waals surface area contributed by atoms with Gasteiger partial charge in [0.25, 0.3) is 0 Å². The fourth-order valence-corrected chi connectivity index (χ4v) is 5.95. The first-order valence-electron chi connectivity index (χ1n) is 5.03. The van der Waals surface area contributed by atoms with E-state index in [0.29, 0.717) is 21.2 Å². The molecule has 0 atom stereocenters. The average molecular weight is 285 g/mol. The first-order valence-corrected chi connectivity index (χ1v) is 8.08. The molecule has 1 aliphatic heterocycles. The van der Waals surface area contributed by atoms with Crippen LogP contribution in [0.5, 0.6) is 0 Å². The molecule has 1 heteroatoms. The monoisotopic (exact) mass is 285 g/mol. The summed E-state index contributed by atoms with van der Waals surface area (Å²) in [6, 6.07) is 2.47. The Bertz CT molecular complexity index is 366. The zero-order chi connectivity index (χ0) is 8.84. The van der Waals surface area contributed by atoms with E-state index in [2.05, 4.69) is 13.0 Å². The Morgan fingerprint density at radius 3 is 2.85 bits per heavy atom. The van der Waals surface area contributed by atoms with Crippen molar-refractivity contribution in [1.29, 1.82) is 0 Å². The molecular formula is C12H14I-. The van der Waals surface area contributed by atoms with Crippen LogP contribution in [-0.2, 0) is 21.7 Å². The van der Waals surface area contributed by atoms with Crippen LogP contribution in [0.25, 0.3) is 0 Å². The summed E-state index contributed by atoms with van der Waals surface area (Å²) >= 11 is 0.488. The molecule has 0 aromatic heterocycles. The molecule has 70 valence electrons. The Kier molecular flexibility index (Phi) is 1.89. The minimum atomic E-state index is 0.488. The van der Waals surface area contributed by atoms with Gasteiger partial charge in [0, 0.05) is 0 Å². The number of benzene rings is 1. The predicted molar refractivity (Wildman–Crippen MR) is 50.6 cm³/mol. The zero-order valence-corrected chi connectivity index (χ0v) is 10.1. The number of aryl methyl sites for hydroxylation is 2. The molecule has 13 heavy (non-hydrogen) atoms. The number of hydrogen-bond acceptors (Lipinski definition) is 0. The molecule has 0 saturated heterocycles. The Balaban J connectivity index is 2.28. The van der Waals surface area contributed by atoms with Gasteiger partial charge in [0.15, 0.2) is 0 Å². The maximum atomic E-state index is 2.47. The van der Waals surface area contributed by atoms with E-state index in [9.17, 15) is 0 Å². The van der Waals surface area contributed by atoms with E-state index in [1.807, 2.05) is 0 Å². The van der Waals surface area contributed by atoms with Crippen LogP contribution in [0.2, 0.25) is 0 Å². The molecule has 1 aromatic rings. The van der Waals surface area contributed by atoms with Gasteiger partial charge in [-0.3, -0.25) is 0 Å². The van der Waals surface area contributed by atoms with Gasteiger partial charge in [0.2, 0.25) is 0 Å². The van der Waals surface area contributed by atoms with Crippen LogP contribution in [0.4, 0.5) is 0 Å². The Labute approximate surface area is 90.0 Å². The van der Waals surface area contributed by atoms with Gasteiger partial charge < -0.3 is 0 Å². The molecule has 0 bridgehead atoms. The zero-order valence-electron chi connectivity index (χ0n) is 7.99. The van der Waals surface area contributed by atoms with Gasteiger partial charge in [-0.25, -0.2) is 0 Å². The molecule has 1 aliphatic carbocycles. The molecule has 1 aromatic carbocycles. The molecule has 0 fully saturated rings. The third kappa shape index (κ3) is 1.16. The van der Waals surface area contributed by atoms with Gasteiger partial charge in [0.1, 0.15) is 0 Å². The summed E-state index contributed by atoms with van der Waals surface area (Å²) in [5.74, 6) is 0. The number of alkyl halides is 2. The van der Waals surface area contributed by atoms with Gasteiger partial charge in [0.05, 0.1) is 0 Å². The fraction of sp³-hybridized carbons (Fsp3) is 0.500. The molecular weight excluding hydrogens is 271 g/mol. The van der Waals surface area contributed by atoms with Crippen molar-refractivity contribution in [3.8, 4) is 0 Å². The van der Waals surface area contributed by atoms with E-state index in [0.717, 1.165) is 0 Å². The van der Waals surface area contributed by atoms with Crippen molar-refractivity contribution >= 4 is 0 Å². The van der Waals surface area contributed by atoms with Crippen LogP contribution in [-0.4, -0.2) is 0 Å². The summed E-state index contributed by atoms with van der Waals surface area (Å²) in [6.45, 7) is 2.31. The molecule has 0 spiro atoms. The molecule has 3 rings (SSSR count). The standard InChI is InChI=1S/C12H14I/c1-8-5-9-3-2-4-10(9)12-7-13-6-11(8)12/h5H,2-4,6-7H2,1H3/q-1. The average Bonchev–Trinajstić information content (AvgIpc) is 2.66. The van der Waals surface area contributed by atoms with E-state index in [-0.39, 0.29) is 0 Å². The van der Waals surface area contributed by atoms with Crippen LogP contribution in [0.15, 0.2) is 6.07 Å². The van der Waals surface area contributed by atoms with Gasteiger partial charge in [-0.15, -0.1) is 0 Å². The Morgan fingerprint density at radius 2 is 1.92 bits per heavy atom. The molecule has 2 aliphatic rings. The molecule has 0 radical (unpaired) electrons. The number of fused-ring (bicyclic) bond motifs is 3. The Morgan fingerprint density at radius 1 is 1.08 bits per heavy atom. The molecule has 1 heterocycles. The SMILES string of the molecule is Cc1cc2c(c3c1C[I-]C3)CCC2. The van der Waals surface area contributed by atoms with E-state index >= 15 is 0 Å². The minimum absolute atomic E-state index is 0.488. The van der Waals surface area contributed by atoms with Gasteiger partial charge in [-0.05, 0) is 0 Å². The summed E-state index contributed by atoms with van der Waals surface area (Å²) in [6.07, 6.45) is 4.13. The first kappa shape index (κ1) is 8.27. The fourth-order valence-electron chi connectivity index (χ4n) is 2.62. The summed E-state index contributed by atoms with van der Waals surface area (Å²) in [5, 5.41) is 0. The van der Waals surface area contributed by atoms with E-state index < -0.39 is 0 Å². The van der Waals surface area contributed by atoms with Crippen molar-refractivity contribution in [2.24, 2.45) is 0 Å². The van der Waals surface area contributed by atoms with Gasteiger partial charge in [-0.2, -0.15) is 0 Å². The van der Waals surface area contributed by atoms with Crippen molar-refractivity contribution < 1.29 is 21.2 Å². The van der Waals surface area contributed by atoms with Crippen molar-refractivity contribution in [3.63, 3.8) is 0 Å². The Hall–Kier alpha value is -0.0500. The molecule has 0 amide bonds. The van der Waals surface area contributed by atoms with Gasteiger partial charge in [-0.1, -0.05) is 0 Å². The second-order valence-corrected chi connectivity index (χ2v) is 6.70. The van der Waals surface area contributed by atoms with Crippen molar-refractivity contribution in [1.82, 2.24) is 0 Å². The number of rotatable bonds is 0. The van der Waals surface area contributed by atoms with Crippen molar-refractivity contribution in [2.75, 3.05) is 0 Å². The summed E-state index contributed by atoms with van der Waals surface area (Å²) in [4.78, 5) is 0. The second kappa shape index (κ2) is 2.97. The van der Waals surface area contributed by atoms with Crippen LogP contribution < -0.4 is 21.2 Å². The van der Waals surface area contributed by atoms with Crippen LogP contribution in [0.3, 0.4) is 0 Å². The molecule has 0 nitrogen and oxygen atoms in total. The quantitative estimate of drug-likeness (QED) is 0.449. The van der Waals surface area contributed by atoms with Crippen LogP contribution >= 0.6 is 0 Å². The molecule has 0 N–H and O–H groups in total. The topological polar surface area (TPSA) is 0 Å². The summed E-state index contributed by atoms with van der Waals surface area (Å²) < 4.78 is 2.92. The van der Waals surface area contributed by atoms with Gasteiger partial charge >= 0.3 is 90.1 Å². The van der Waals surface area contributed by atoms with Crippen LogP contribution in [0.1, 0.15) is 34.2 Å². The van der Waals surface area contributed by atoms with E-state index in [1.54, 1.807) is 27.8 Å². The predicted octanol–water partition coefficient (Wildman–Crippen LogP) is -0.414. The van der Waals surface area contributed by atoms with Crippen LogP contribution in [0, 0.1) is 6.92 Å². The molecule has 0 saturated carbocycles. The maximum absolute atomic E-state index is 2.47. The van der Waals surface area contributed by atoms with E-state index in [1.165, 1.54) is 28.1 Å². The second-order valence-electron chi connectivity index (χ2n) is 4.10. The van der Waals surface area contributed by atoms with E-state index in [4.69, 9.17) is 0 Å². The number of hydrogen-bond donors (Lipinski definition) is 0. The normalized spacial score (nSPS) is 19.5. The van der Waals surface area contributed by atoms with Crippen molar-refractivity contribution in [2.45, 2.75) is 35.0 Å². The summed E-state index contributed by atoms with van der Waals surface area (Å²) in [5.41, 5.74) is 8.57. The third-order valence-electron chi connectivity index (χ3n) is 3.31. The number of halogens is 1. The third-order valence-corrected chi connectivity index (χ3v) is 5.92. The molecule has 0 unspecified atom stereocenters. The summed E-state index contributed by atoms with van der Waals surface area (Å²) in [7, 11) is 0.